The first kappa shape index (κ1) is 20.3. The molecule has 0 radical (unpaired) electrons. The van der Waals surface area contributed by atoms with Gasteiger partial charge in [0.1, 0.15) is 6.10 Å². The van der Waals surface area contributed by atoms with Crippen molar-refractivity contribution in [3.63, 3.8) is 0 Å². The summed E-state index contributed by atoms with van der Waals surface area (Å²) in [7, 11) is 0. The molecule has 5 aliphatic rings. The third-order valence-electron chi connectivity index (χ3n) is 10.5. The van der Waals surface area contributed by atoms with Crippen LogP contribution in [0.25, 0.3) is 0 Å². The zero-order valence-electron chi connectivity index (χ0n) is 18.9. The van der Waals surface area contributed by atoms with Crippen LogP contribution in [-0.2, 0) is 19.0 Å². The minimum Gasteiger partial charge on any atom is -0.462 e. The first-order valence-corrected chi connectivity index (χ1v) is 12.2. The van der Waals surface area contributed by atoms with Gasteiger partial charge in [-0.05, 0) is 93.8 Å². The quantitative estimate of drug-likeness (QED) is 0.583. The molecule has 4 nitrogen and oxygen atoms in total. The van der Waals surface area contributed by atoms with Gasteiger partial charge in [0, 0.05) is 18.3 Å². The molecule has 1 aliphatic heterocycles. The van der Waals surface area contributed by atoms with E-state index in [2.05, 4.69) is 20.8 Å². The molecule has 1 saturated heterocycles. The number of ether oxygens (including phenoxy) is 3. The van der Waals surface area contributed by atoms with Crippen molar-refractivity contribution in [1.29, 1.82) is 0 Å². The highest BCUT2D eigenvalue weighted by Crippen LogP contribution is 2.67. The van der Waals surface area contributed by atoms with E-state index in [1.54, 1.807) is 6.92 Å². The monoisotopic (exact) mass is 404 g/mol. The summed E-state index contributed by atoms with van der Waals surface area (Å²) in [5.41, 5.74) is 0.668. The lowest BCUT2D eigenvalue weighted by Gasteiger charge is -2.61. The molecular weight excluding hydrogens is 364 g/mol. The van der Waals surface area contributed by atoms with Gasteiger partial charge in [-0.3, -0.25) is 4.79 Å². The summed E-state index contributed by atoms with van der Waals surface area (Å²) >= 11 is 0. The number of esters is 1. The summed E-state index contributed by atoms with van der Waals surface area (Å²) in [4.78, 5) is 11.7. The molecule has 5 rings (SSSR count). The van der Waals surface area contributed by atoms with Gasteiger partial charge in [-0.15, -0.1) is 0 Å². The van der Waals surface area contributed by atoms with E-state index in [4.69, 9.17) is 14.2 Å². The average molecular weight is 405 g/mol. The molecule has 0 aromatic heterocycles. The minimum absolute atomic E-state index is 0.0992. The fourth-order valence-corrected chi connectivity index (χ4v) is 8.85. The Kier molecular flexibility index (Phi) is 4.87. The highest BCUT2D eigenvalue weighted by atomic mass is 16.7. The van der Waals surface area contributed by atoms with Crippen molar-refractivity contribution in [2.24, 2.45) is 40.4 Å². The average Bonchev–Trinajstić information content (AvgIpc) is 3.25. The van der Waals surface area contributed by atoms with Crippen molar-refractivity contribution < 1.29 is 19.0 Å². The first-order chi connectivity index (χ1) is 13.8. The summed E-state index contributed by atoms with van der Waals surface area (Å²) in [6.07, 6.45) is 11.6. The van der Waals surface area contributed by atoms with Gasteiger partial charge in [-0.2, -0.15) is 0 Å². The lowest BCUT2D eigenvalue weighted by atomic mass is 9.44. The van der Waals surface area contributed by atoms with Gasteiger partial charge in [0.2, 0.25) is 0 Å². The zero-order valence-corrected chi connectivity index (χ0v) is 18.9. The largest absolute Gasteiger partial charge is 0.462 e. The van der Waals surface area contributed by atoms with Gasteiger partial charge in [0.05, 0.1) is 13.2 Å². The van der Waals surface area contributed by atoms with Crippen molar-refractivity contribution in [3.05, 3.63) is 0 Å². The lowest BCUT2D eigenvalue weighted by Crippen LogP contribution is -2.55. The van der Waals surface area contributed by atoms with Crippen LogP contribution in [0.3, 0.4) is 0 Å². The van der Waals surface area contributed by atoms with Crippen molar-refractivity contribution >= 4 is 5.97 Å². The van der Waals surface area contributed by atoms with Gasteiger partial charge >= 0.3 is 5.97 Å². The molecule has 29 heavy (non-hydrogen) atoms. The standard InChI is InChI=1S/C25H40O4/c1-16(26)29-22-8-7-20-19-6-5-17-15-18(25(4)27-13-14-28-25)9-11-23(17,2)21(19)10-12-24(20,22)3/h17-22H,5-15H2,1-4H3. The molecule has 4 heteroatoms. The van der Waals surface area contributed by atoms with Crippen LogP contribution < -0.4 is 0 Å². The first-order valence-electron chi connectivity index (χ1n) is 12.2. The normalized spacial score (nSPS) is 51.0. The van der Waals surface area contributed by atoms with Crippen molar-refractivity contribution in [2.75, 3.05) is 13.2 Å². The highest BCUT2D eigenvalue weighted by Gasteiger charge is 2.61. The van der Waals surface area contributed by atoms with E-state index in [-0.39, 0.29) is 23.3 Å². The topological polar surface area (TPSA) is 44.8 Å². The van der Waals surface area contributed by atoms with Gasteiger partial charge in [-0.1, -0.05) is 13.8 Å². The van der Waals surface area contributed by atoms with Gasteiger partial charge in [0.15, 0.2) is 5.79 Å². The number of carbonyl (C=O) groups is 1. The molecule has 8 unspecified atom stereocenters. The van der Waals surface area contributed by atoms with Crippen LogP contribution in [0.5, 0.6) is 0 Å². The molecule has 4 aliphatic carbocycles. The summed E-state index contributed by atoms with van der Waals surface area (Å²) in [5.74, 6) is 3.32. The molecule has 8 atom stereocenters. The molecular formula is C25H40O4. The van der Waals surface area contributed by atoms with E-state index in [1.807, 2.05) is 0 Å². The summed E-state index contributed by atoms with van der Waals surface area (Å²) in [5, 5.41) is 0. The van der Waals surface area contributed by atoms with E-state index in [0.717, 1.165) is 43.3 Å². The minimum atomic E-state index is -0.341. The number of hydrogen-bond acceptors (Lipinski definition) is 4. The Hall–Kier alpha value is -0.610. The van der Waals surface area contributed by atoms with Crippen LogP contribution in [0, 0.1) is 40.4 Å². The molecule has 0 spiro atoms. The van der Waals surface area contributed by atoms with E-state index >= 15 is 0 Å². The smallest absolute Gasteiger partial charge is 0.302 e. The molecule has 0 aromatic carbocycles. The zero-order chi connectivity index (χ0) is 20.4. The summed E-state index contributed by atoms with van der Waals surface area (Å²) in [6.45, 7) is 10.3. The van der Waals surface area contributed by atoms with E-state index in [0.29, 0.717) is 11.3 Å². The Bertz CT molecular complexity index is 655. The molecule has 4 saturated carbocycles. The fraction of sp³-hybridized carbons (Fsp3) is 0.960. The highest BCUT2D eigenvalue weighted by molar-refractivity contribution is 5.66. The maximum absolute atomic E-state index is 11.7. The van der Waals surface area contributed by atoms with Crippen LogP contribution in [0.4, 0.5) is 0 Å². The Balaban J connectivity index is 1.33. The molecule has 0 N–H and O–H groups in total. The van der Waals surface area contributed by atoms with E-state index < -0.39 is 0 Å². The number of hydrogen-bond donors (Lipinski definition) is 0. The van der Waals surface area contributed by atoms with Gasteiger partial charge in [-0.25, -0.2) is 0 Å². The second kappa shape index (κ2) is 6.95. The van der Waals surface area contributed by atoms with Gasteiger partial charge in [0.25, 0.3) is 0 Å². The second-order valence-corrected chi connectivity index (χ2v) is 11.6. The van der Waals surface area contributed by atoms with Crippen LogP contribution in [0.1, 0.15) is 85.5 Å². The van der Waals surface area contributed by atoms with E-state index in [1.165, 1.54) is 51.4 Å². The molecule has 0 aromatic rings. The predicted octanol–water partition coefficient (Wildman–Crippen LogP) is 5.34. The van der Waals surface area contributed by atoms with Crippen molar-refractivity contribution in [3.8, 4) is 0 Å². The van der Waals surface area contributed by atoms with Crippen molar-refractivity contribution in [2.45, 2.75) is 97.4 Å². The van der Waals surface area contributed by atoms with E-state index in [9.17, 15) is 4.79 Å². The van der Waals surface area contributed by atoms with Crippen LogP contribution in [0.2, 0.25) is 0 Å². The molecule has 1 heterocycles. The molecule has 5 fully saturated rings. The van der Waals surface area contributed by atoms with Crippen LogP contribution >= 0.6 is 0 Å². The molecule has 164 valence electrons. The number of fused-ring (bicyclic) bond motifs is 5. The molecule has 0 bridgehead atoms. The van der Waals surface area contributed by atoms with Crippen LogP contribution in [0.15, 0.2) is 0 Å². The Labute approximate surface area is 176 Å². The Morgan fingerprint density at radius 1 is 0.828 bits per heavy atom. The second-order valence-electron chi connectivity index (χ2n) is 11.6. The molecule has 0 amide bonds. The van der Waals surface area contributed by atoms with Crippen LogP contribution in [-0.4, -0.2) is 31.1 Å². The number of rotatable bonds is 2. The maximum Gasteiger partial charge on any atom is 0.302 e. The summed E-state index contributed by atoms with van der Waals surface area (Å²) in [6, 6.07) is 0. The van der Waals surface area contributed by atoms with Gasteiger partial charge < -0.3 is 14.2 Å². The third-order valence-corrected chi connectivity index (χ3v) is 10.5. The Morgan fingerprint density at radius 2 is 1.52 bits per heavy atom. The van der Waals surface area contributed by atoms with Crippen molar-refractivity contribution in [1.82, 2.24) is 0 Å². The summed E-state index contributed by atoms with van der Waals surface area (Å²) < 4.78 is 17.9. The number of carbonyl (C=O) groups excluding carboxylic acids is 1. The predicted molar refractivity (Wildman–Crippen MR) is 111 cm³/mol. The fourth-order valence-electron chi connectivity index (χ4n) is 8.85. The third kappa shape index (κ3) is 3.03. The lowest BCUT2D eigenvalue weighted by molar-refractivity contribution is -0.211. The Morgan fingerprint density at radius 3 is 2.24 bits per heavy atom. The SMILES string of the molecule is CC(=O)OC1CCC2C3CCC4CC(C5(C)OCCO5)CCC4(C)C3CCC12C. The maximum atomic E-state index is 11.7.